The number of carbonyl (C=O) groups excluding carboxylic acids is 2. The van der Waals surface area contributed by atoms with Gasteiger partial charge in [-0.3, -0.25) is 0 Å². The quantitative estimate of drug-likeness (QED) is 0.610. The number of hydrogen-bond donors (Lipinski definition) is 0. The van der Waals surface area contributed by atoms with E-state index in [0.29, 0.717) is 5.69 Å². The molecule has 0 heterocycles. The molecular weight excluding hydrogens is 240 g/mol. The van der Waals surface area contributed by atoms with Crippen molar-refractivity contribution in [3.8, 4) is 0 Å². The van der Waals surface area contributed by atoms with Crippen molar-refractivity contribution in [2.75, 3.05) is 0 Å². The van der Waals surface area contributed by atoms with Crippen molar-refractivity contribution < 1.29 is 9.59 Å². The molecule has 4 heteroatoms. The van der Waals surface area contributed by atoms with Gasteiger partial charge in [-0.1, -0.05) is 23.8 Å². The van der Waals surface area contributed by atoms with E-state index in [-0.39, 0.29) is 0 Å². The zero-order chi connectivity index (χ0) is 13.5. The van der Waals surface area contributed by atoms with Crippen LogP contribution >= 0.6 is 0 Å². The summed E-state index contributed by atoms with van der Waals surface area (Å²) in [5.74, 6) is 0. The second-order valence-corrected chi connectivity index (χ2v) is 4.23. The fourth-order valence-electron chi connectivity index (χ4n) is 1.97. The van der Waals surface area contributed by atoms with Gasteiger partial charge in [-0.15, -0.1) is 0 Å². The second kappa shape index (κ2) is 6.41. The molecule has 1 aromatic carbocycles. The summed E-state index contributed by atoms with van der Waals surface area (Å²) < 4.78 is 0. The Labute approximate surface area is 110 Å². The maximum Gasteiger partial charge on any atom is 0.240 e. The molecule has 0 amide bonds. The van der Waals surface area contributed by atoms with Crippen LogP contribution in [0, 0.1) is 0 Å². The Morgan fingerprint density at radius 3 is 2.26 bits per heavy atom. The molecule has 0 saturated carbocycles. The largest absolute Gasteiger partial charge is 0.240 e. The first-order chi connectivity index (χ1) is 9.31. The van der Waals surface area contributed by atoms with Crippen molar-refractivity contribution in [2.24, 2.45) is 9.98 Å². The van der Waals surface area contributed by atoms with Gasteiger partial charge < -0.3 is 0 Å². The first-order valence-corrected chi connectivity index (χ1v) is 5.95. The summed E-state index contributed by atoms with van der Waals surface area (Å²) in [7, 11) is 0. The van der Waals surface area contributed by atoms with Crippen LogP contribution < -0.4 is 0 Å². The maximum atomic E-state index is 10.1. The van der Waals surface area contributed by atoms with Gasteiger partial charge in [-0.2, -0.15) is 9.98 Å². The third kappa shape index (κ3) is 3.71. The third-order valence-corrected chi connectivity index (χ3v) is 2.95. The van der Waals surface area contributed by atoms with Crippen molar-refractivity contribution in [3.05, 3.63) is 53.3 Å². The molecule has 4 nitrogen and oxygen atoms in total. The van der Waals surface area contributed by atoms with E-state index in [1.807, 2.05) is 24.3 Å². The Morgan fingerprint density at radius 2 is 1.68 bits per heavy atom. The van der Waals surface area contributed by atoms with Crippen molar-refractivity contribution in [1.82, 2.24) is 0 Å². The van der Waals surface area contributed by atoms with Crippen molar-refractivity contribution in [1.29, 1.82) is 0 Å². The number of benzene rings is 1. The van der Waals surface area contributed by atoms with Gasteiger partial charge in [0, 0.05) is 0 Å². The SMILES string of the molecule is O=C=NC1=CC=C(Cc2ccc(N=C=O)cc2)CC1. The first kappa shape index (κ1) is 12.9. The molecule has 0 radical (unpaired) electrons. The molecule has 1 aliphatic carbocycles. The number of isocyanates is 2. The lowest BCUT2D eigenvalue weighted by Gasteiger charge is -2.11. The molecule has 1 aromatic rings. The Balaban J connectivity index is 2.06. The van der Waals surface area contributed by atoms with E-state index in [2.05, 4.69) is 9.98 Å². The van der Waals surface area contributed by atoms with Crippen molar-refractivity contribution >= 4 is 17.8 Å². The molecule has 0 bridgehead atoms. The van der Waals surface area contributed by atoms with Crippen LogP contribution in [0.15, 0.2) is 57.7 Å². The number of rotatable bonds is 4. The number of nitrogens with zero attached hydrogens (tertiary/aromatic N) is 2. The molecule has 0 aliphatic heterocycles. The van der Waals surface area contributed by atoms with Crippen molar-refractivity contribution in [2.45, 2.75) is 19.3 Å². The van der Waals surface area contributed by atoms with Gasteiger partial charge in [0.25, 0.3) is 0 Å². The molecule has 94 valence electrons. The lowest BCUT2D eigenvalue weighted by molar-refractivity contribution is 0.563. The van der Waals surface area contributed by atoms with Crippen LogP contribution in [-0.2, 0) is 16.0 Å². The highest BCUT2D eigenvalue weighted by Crippen LogP contribution is 2.23. The molecular formula is C15H12N2O2. The molecule has 2 rings (SSSR count). The number of aliphatic imine (C=N–C) groups is 2. The fourth-order valence-corrected chi connectivity index (χ4v) is 1.97. The average molecular weight is 252 g/mol. The van der Waals surface area contributed by atoms with Crippen LogP contribution in [0.5, 0.6) is 0 Å². The van der Waals surface area contributed by atoms with E-state index < -0.39 is 0 Å². The molecule has 0 aromatic heterocycles. The Morgan fingerprint density at radius 1 is 0.947 bits per heavy atom. The smallest absolute Gasteiger partial charge is 0.211 e. The minimum atomic E-state index is 0.610. The normalized spacial score (nSPS) is 13.7. The number of hydrogen-bond acceptors (Lipinski definition) is 4. The van der Waals surface area contributed by atoms with Crippen LogP contribution in [0.1, 0.15) is 18.4 Å². The van der Waals surface area contributed by atoms with E-state index >= 15 is 0 Å². The first-order valence-electron chi connectivity index (χ1n) is 5.95. The van der Waals surface area contributed by atoms with E-state index in [1.54, 1.807) is 18.2 Å². The zero-order valence-electron chi connectivity index (χ0n) is 10.3. The highest BCUT2D eigenvalue weighted by molar-refractivity contribution is 5.49. The summed E-state index contributed by atoms with van der Waals surface area (Å²) in [4.78, 5) is 27.4. The van der Waals surface area contributed by atoms with Gasteiger partial charge in [0.05, 0.1) is 11.4 Å². The van der Waals surface area contributed by atoms with Gasteiger partial charge in [-0.05, 0) is 43.0 Å². The molecule has 1 aliphatic rings. The fraction of sp³-hybridized carbons (Fsp3) is 0.200. The standard InChI is InChI=1S/C15H12N2O2/c18-10-16-14-5-1-12(2-6-14)9-13-3-7-15(8-4-13)17-11-19/h1-3,5-7H,4,8-9H2. The summed E-state index contributed by atoms with van der Waals surface area (Å²) in [5, 5.41) is 0. The molecule has 0 unspecified atom stereocenters. The number of allylic oxidation sites excluding steroid dienone is 4. The molecule has 0 saturated heterocycles. The van der Waals surface area contributed by atoms with E-state index in [4.69, 9.17) is 0 Å². The molecule has 0 atom stereocenters. The lowest BCUT2D eigenvalue weighted by Crippen LogP contribution is -1.96. The Bertz CT molecular complexity index is 614. The van der Waals surface area contributed by atoms with Crippen LogP contribution in [0.4, 0.5) is 5.69 Å². The van der Waals surface area contributed by atoms with E-state index in [9.17, 15) is 9.59 Å². The monoisotopic (exact) mass is 252 g/mol. The summed E-state index contributed by atoms with van der Waals surface area (Å²) >= 11 is 0. The molecule has 0 N–H and O–H groups in total. The van der Waals surface area contributed by atoms with E-state index in [1.165, 1.54) is 11.7 Å². The summed E-state index contributed by atoms with van der Waals surface area (Å²) in [6.45, 7) is 0. The Hall–Kier alpha value is -2.54. The van der Waals surface area contributed by atoms with Gasteiger partial charge in [-0.25, -0.2) is 9.59 Å². The van der Waals surface area contributed by atoms with Gasteiger partial charge in [0.15, 0.2) is 0 Å². The van der Waals surface area contributed by atoms with Gasteiger partial charge in [0.1, 0.15) is 0 Å². The second-order valence-electron chi connectivity index (χ2n) is 4.23. The molecule has 0 spiro atoms. The minimum Gasteiger partial charge on any atom is -0.211 e. The zero-order valence-corrected chi connectivity index (χ0v) is 10.3. The van der Waals surface area contributed by atoms with Crippen LogP contribution in [-0.4, -0.2) is 12.2 Å². The molecule has 0 fully saturated rings. The van der Waals surface area contributed by atoms with Crippen LogP contribution in [0.3, 0.4) is 0 Å². The summed E-state index contributed by atoms with van der Waals surface area (Å²) in [6, 6.07) is 7.47. The van der Waals surface area contributed by atoms with Crippen LogP contribution in [0.25, 0.3) is 0 Å². The lowest BCUT2D eigenvalue weighted by atomic mass is 9.96. The highest BCUT2D eigenvalue weighted by atomic mass is 16.1. The predicted molar refractivity (Wildman–Crippen MR) is 71.4 cm³/mol. The van der Waals surface area contributed by atoms with E-state index in [0.717, 1.165) is 30.5 Å². The van der Waals surface area contributed by atoms with Gasteiger partial charge in [0.2, 0.25) is 12.2 Å². The average Bonchev–Trinajstić information content (AvgIpc) is 2.44. The Kier molecular flexibility index (Phi) is 4.35. The topological polar surface area (TPSA) is 58.9 Å². The van der Waals surface area contributed by atoms with Crippen LogP contribution in [0.2, 0.25) is 0 Å². The molecule has 19 heavy (non-hydrogen) atoms. The predicted octanol–water partition coefficient (Wildman–Crippen LogP) is 3.14. The maximum absolute atomic E-state index is 10.1. The summed E-state index contributed by atoms with van der Waals surface area (Å²) in [5.41, 5.74) is 3.83. The summed E-state index contributed by atoms with van der Waals surface area (Å²) in [6.07, 6.45) is 9.44. The van der Waals surface area contributed by atoms with Gasteiger partial charge >= 0.3 is 0 Å². The minimum absolute atomic E-state index is 0.610. The highest BCUT2D eigenvalue weighted by Gasteiger charge is 2.06. The third-order valence-electron chi connectivity index (χ3n) is 2.95. The van der Waals surface area contributed by atoms with Crippen molar-refractivity contribution in [3.63, 3.8) is 0 Å².